The van der Waals surface area contributed by atoms with Gasteiger partial charge >= 0.3 is 5.97 Å². The Labute approximate surface area is 108 Å². The van der Waals surface area contributed by atoms with Gasteiger partial charge in [-0.1, -0.05) is 0 Å². The molecule has 0 saturated heterocycles. The molecule has 0 unspecified atom stereocenters. The second-order valence-electron chi connectivity index (χ2n) is 3.72. The third-order valence-electron chi connectivity index (χ3n) is 2.39. The molecule has 1 heterocycles. The average molecular weight is 258 g/mol. The third kappa shape index (κ3) is 2.89. The van der Waals surface area contributed by atoms with E-state index in [1.807, 2.05) is 0 Å². The van der Waals surface area contributed by atoms with Crippen LogP contribution in [0.4, 0.5) is 0 Å². The molecule has 0 aliphatic carbocycles. The molecule has 1 aromatic carbocycles. The molecular formula is C12H10N4O3. The van der Waals surface area contributed by atoms with Crippen molar-refractivity contribution in [2.75, 3.05) is 0 Å². The smallest absolute Gasteiger partial charge is 0.328 e. The molecule has 0 spiro atoms. The molecule has 19 heavy (non-hydrogen) atoms. The molecule has 0 aliphatic heterocycles. The molecule has 0 atom stereocenters. The molecular weight excluding hydrogens is 248 g/mol. The Morgan fingerprint density at radius 3 is 2.53 bits per heavy atom. The first kappa shape index (κ1) is 12.6. The van der Waals surface area contributed by atoms with Crippen molar-refractivity contribution in [3.05, 3.63) is 41.7 Å². The van der Waals surface area contributed by atoms with Crippen molar-refractivity contribution < 1.29 is 14.7 Å². The largest absolute Gasteiger partial charge is 0.478 e. The van der Waals surface area contributed by atoms with Crippen LogP contribution in [0.5, 0.6) is 0 Å². The van der Waals surface area contributed by atoms with Crippen LogP contribution < -0.4 is 0 Å². The van der Waals surface area contributed by atoms with Crippen LogP contribution in [0.2, 0.25) is 0 Å². The molecule has 2 rings (SSSR count). The number of hydrogen-bond donors (Lipinski definition) is 1. The van der Waals surface area contributed by atoms with E-state index in [1.165, 1.54) is 17.7 Å². The second-order valence-corrected chi connectivity index (χ2v) is 3.72. The van der Waals surface area contributed by atoms with Gasteiger partial charge in [-0.3, -0.25) is 4.79 Å². The number of hydrogen-bond acceptors (Lipinski definition) is 5. The molecule has 0 radical (unpaired) electrons. The topological polar surface area (TPSA) is 98.0 Å². The van der Waals surface area contributed by atoms with Crippen LogP contribution in [0.3, 0.4) is 0 Å². The predicted molar refractivity (Wildman–Crippen MR) is 65.8 cm³/mol. The van der Waals surface area contributed by atoms with Crippen molar-refractivity contribution in [2.45, 2.75) is 6.92 Å². The summed E-state index contributed by atoms with van der Waals surface area (Å²) in [6.45, 7) is 1.48. The number of tetrazole rings is 1. The quantitative estimate of drug-likeness (QED) is 0.648. The fourth-order valence-electron chi connectivity index (χ4n) is 1.47. The van der Waals surface area contributed by atoms with Gasteiger partial charge in [-0.25, -0.2) is 4.79 Å². The van der Waals surface area contributed by atoms with Gasteiger partial charge in [0.1, 0.15) is 0 Å². The first-order valence-electron chi connectivity index (χ1n) is 5.38. The van der Waals surface area contributed by atoms with Gasteiger partial charge in [0.15, 0.2) is 11.6 Å². The lowest BCUT2D eigenvalue weighted by Crippen LogP contribution is -2.01. The maximum absolute atomic E-state index is 11.2. The van der Waals surface area contributed by atoms with Crippen LogP contribution in [0.1, 0.15) is 23.1 Å². The summed E-state index contributed by atoms with van der Waals surface area (Å²) in [4.78, 5) is 21.6. The fraction of sp³-hybridized carbons (Fsp3) is 0.0833. The molecule has 0 fully saturated rings. The number of carboxylic acid groups (broad SMARTS) is 1. The van der Waals surface area contributed by atoms with E-state index < -0.39 is 5.97 Å². The van der Waals surface area contributed by atoms with Gasteiger partial charge in [0.05, 0.1) is 5.69 Å². The minimum Gasteiger partial charge on any atom is -0.478 e. The molecule has 96 valence electrons. The number of Topliss-reactive ketones (excluding diaryl/α,β-unsaturated/α-hetero) is 1. The highest BCUT2D eigenvalue weighted by Crippen LogP contribution is 2.11. The molecule has 7 nitrogen and oxygen atoms in total. The van der Waals surface area contributed by atoms with Crippen LogP contribution in [0, 0.1) is 0 Å². The number of rotatable bonds is 4. The maximum Gasteiger partial charge on any atom is 0.328 e. The Morgan fingerprint density at radius 1 is 1.26 bits per heavy atom. The van der Waals surface area contributed by atoms with E-state index in [9.17, 15) is 9.59 Å². The van der Waals surface area contributed by atoms with Gasteiger partial charge in [-0.15, -0.1) is 5.10 Å². The third-order valence-corrected chi connectivity index (χ3v) is 2.39. The number of carboxylic acids is 1. The first-order chi connectivity index (χ1) is 9.08. The lowest BCUT2D eigenvalue weighted by atomic mass is 10.1. The van der Waals surface area contributed by atoms with Crippen molar-refractivity contribution in [3.8, 4) is 5.69 Å². The van der Waals surface area contributed by atoms with E-state index in [0.717, 1.165) is 6.08 Å². The monoisotopic (exact) mass is 258 g/mol. The van der Waals surface area contributed by atoms with Gasteiger partial charge in [0.2, 0.25) is 0 Å². The summed E-state index contributed by atoms with van der Waals surface area (Å²) in [7, 11) is 0. The van der Waals surface area contributed by atoms with E-state index in [-0.39, 0.29) is 11.6 Å². The molecule has 1 aromatic heterocycles. The second kappa shape index (κ2) is 5.21. The van der Waals surface area contributed by atoms with Gasteiger partial charge < -0.3 is 5.11 Å². The number of carbonyl (C=O) groups excluding carboxylic acids is 1. The summed E-state index contributed by atoms with van der Waals surface area (Å²) < 4.78 is 1.38. The number of carbonyl (C=O) groups is 2. The Bertz CT molecular complexity index is 643. The van der Waals surface area contributed by atoms with E-state index in [2.05, 4.69) is 15.5 Å². The maximum atomic E-state index is 11.2. The lowest BCUT2D eigenvalue weighted by Gasteiger charge is -2.02. The molecule has 2 aromatic rings. The Morgan fingerprint density at radius 2 is 1.95 bits per heavy atom. The summed E-state index contributed by atoms with van der Waals surface area (Å²) >= 11 is 0. The van der Waals surface area contributed by atoms with Crippen LogP contribution in [0.25, 0.3) is 11.8 Å². The Hall–Kier alpha value is -2.83. The minimum atomic E-state index is -1.08. The zero-order valence-corrected chi connectivity index (χ0v) is 10.0. The fourth-order valence-corrected chi connectivity index (χ4v) is 1.47. The number of aliphatic carboxylic acids is 1. The van der Waals surface area contributed by atoms with Crippen LogP contribution in [-0.2, 0) is 4.79 Å². The van der Waals surface area contributed by atoms with Gasteiger partial charge in [-0.05, 0) is 47.7 Å². The van der Waals surface area contributed by atoms with E-state index in [4.69, 9.17) is 5.11 Å². The minimum absolute atomic E-state index is 0.0331. The molecule has 1 N–H and O–H groups in total. The number of ketones is 1. The molecule has 0 saturated carbocycles. The summed E-state index contributed by atoms with van der Waals surface area (Å²) in [5.74, 6) is -0.825. The highest BCUT2D eigenvalue weighted by molar-refractivity contribution is 5.94. The van der Waals surface area contributed by atoms with Crippen molar-refractivity contribution >= 4 is 17.8 Å². The zero-order chi connectivity index (χ0) is 13.8. The number of benzene rings is 1. The first-order valence-corrected chi connectivity index (χ1v) is 5.38. The van der Waals surface area contributed by atoms with Crippen molar-refractivity contribution in [1.29, 1.82) is 0 Å². The standard InChI is InChI=1S/C12H10N4O3/c1-8(17)9-2-4-10(5-3-9)16-11(13-14-15-16)6-7-12(18)19/h2-7H,1H3,(H,18,19)/b7-6+. The highest BCUT2D eigenvalue weighted by atomic mass is 16.4. The van der Waals surface area contributed by atoms with Crippen LogP contribution in [-0.4, -0.2) is 37.1 Å². The van der Waals surface area contributed by atoms with E-state index >= 15 is 0 Å². The molecule has 0 amide bonds. The van der Waals surface area contributed by atoms with Crippen molar-refractivity contribution in [2.24, 2.45) is 0 Å². The Kier molecular flexibility index (Phi) is 3.46. The number of aromatic nitrogens is 4. The molecule has 0 bridgehead atoms. The zero-order valence-electron chi connectivity index (χ0n) is 10.0. The summed E-state index contributed by atoms with van der Waals surface area (Å²) in [6.07, 6.45) is 2.24. The summed E-state index contributed by atoms with van der Waals surface area (Å²) in [5, 5.41) is 19.5. The molecule has 7 heteroatoms. The average Bonchev–Trinajstić information content (AvgIpc) is 2.84. The van der Waals surface area contributed by atoms with E-state index in [1.54, 1.807) is 24.3 Å². The Balaban J connectivity index is 2.34. The molecule has 0 aliphatic rings. The van der Waals surface area contributed by atoms with Gasteiger partial charge in [0, 0.05) is 11.6 Å². The van der Waals surface area contributed by atoms with Crippen LogP contribution >= 0.6 is 0 Å². The van der Waals surface area contributed by atoms with Gasteiger partial charge in [0.25, 0.3) is 0 Å². The predicted octanol–water partition coefficient (Wildman–Crippen LogP) is 0.963. The van der Waals surface area contributed by atoms with E-state index in [0.29, 0.717) is 11.3 Å². The van der Waals surface area contributed by atoms with Crippen molar-refractivity contribution in [1.82, 2.24) is 20.2 Å². The lowest BCUT2D eigenvalue weighted by molar-refractivity contribution is -0.131. The SMILES string of the molecule is CC(=O)c1ccc(-n2nnnc2/C=C/C(=O)O)cc1. The highest BCUT2D eigenvalue weighted by Gasteiger charge is 2.06. The van der Waals surface area contributed by atoms with Gasteiger partial charge in [-0.2, -0.15) is 4.68 Å². The summed E-state index contributed by atoms with van der Waals surface area (Å²) in [6, 6.07) is 6.68. The normalized spacial score (nSPS) is 10.8. The number of nitrogens with zero attached hydrogens (tertiary/aromatic N) is 4. The summed E-state index contributed by atoms with van der Waals surface area (Å²) in [5.41, 5.74) is 1.22. The van der Waals surface area contributed by atoms with Crippen molar-refractivity contribution in [3.63, 3.8) is 0 Å². The van der Waals surface area contributed by atoms with Crippen LogP contribution in [0.15, 0.2) is 30.3 Å².